The highest BCUT2D eigenvalue weighted by Gasteiger charge is 2.38. The molecule has 6 aromatic carbocycles. The van der Waals surface area contributed by atoms with Crippen LogP contribution in [0.25, 0.3) is 44.6 Å². The molecule has 0 atom stereocenters. The Balaban J connectivity index is 0.000000224. The smallest absolute Gasteiger partial charge is 0.192 e. The van der Waals surface area contributed by atoms with Gasteiger partial charge in [-0.3, -0.25) is 9.97 Å². The van der Waals surface area contributed by atoms with Crippen LogP contribution >= 0.6 is 0 Å². The first-order valence-electron chi connectivity index (χ1n) is 26.2. The number of aromatic nitrogens is 4. The van der Waals surface area contributed by atoms with Crippen molar-refractivity contribution in [2.45, 2.75) is 84.2 Å². The minimum absolute atomic E-state index is 0.0814. The highest BCUT2D eigenvalue weighted by molar-refractivity contribution is 6.74. The second-order valence-electron chi connectivity index (χ2n) is 22.0. The van der Waals surface area contributed by atoms with E-state index in [1.165, 1.54) is 0 Å². The number of rotatable bonds is 20. The van der Waals surface area contributed by atoms with Crippen molar-refractivity contribution in [3.63, 3.8) is 0 Å². The van der Waals surface area contributed by atoms with Gasteiger partial charge in [-0.05, 0) is 84.6 Å². The van der Waals surface area contributed by atoms with Gasteiger partial charge in [0.2, 0.25) is 0 Å². The van der Waals surface area contributed by atoms with E-state index in [0.717, 1.165) is 84.4 Å². The van der Waals surface area contributed by atoms with Crippen LogP contribution < -0.4 is 28.7 Å². The Bertz CT molecular complexity index is 3190. The maximum Gasteiger partial charge on any atom is 0.192 e. The Morgan fingerprint density at radius 3 is 1.31 bits per heavy atom. The predicted molar refractivity (Wildman–Crippen MR) is 320 cm³/mol. The normalized spacial score (nSPS) is 12.0. The molecule has 0 saturated carbocycles. The molecule has 0 fully saturated rings. The molecule has 0 bridgehead atoms. The van der Waals surface area contributed by atoms with Gasteiger partial charge in [-0.25, -0.2) is 9.97 Å². The number of hydrogen-bond donors (Lipinski definition) is 1. The van der Waals surface area contributed by atoms with Crippen LogP contribution in [0.2, 0.25) is 36.3 Å². The SMILES string of the molecule is COc1cc(OC)cc(N(CCO[Si](C)(C)C(C)(C)C)c2ccc3ncc(-c4ccccc4)nc3c2)c1.COc1cc(OC)cc(N(CCO[Si](C)(C)C(C)(C)C)c2ccc3ncc(-c4ccccc4CCO)nc3c2)c1. The second kappa shape index (κ2) is 25.1. The van der Waals surface area contributed by atoms with Gasteiger partial charge in [0.05, 0.1) is 87.5 Å². The standard InChI is InChI=1S/C32H41N3O4Si.C30H37N3O3Si/c1-32(2,3)40(6,7)39-17-15-35(25-18-26(37-4)21-27(19-25)38-5)24-12-13-29-30(20-24)34-31(22-33-29)28-11-9-8-10-23(28)14-16-36;1-30(2,3)37(6,7)36-16-15-33(24-17-25(34-4)20-26(18-24)35-5)23-13-14-27-28(19-23)32-29(21-31-27)22-11-9-8-10-12-22/h8-13,18-22,36H,14-17H2,1-7H3;8-14,17-21H,15-16H2,1-7H3. The van der Waals surface area contributed by atoms with Gasteiger partial charge in [0.25, 0.3) is 0 Å². The lowest BCUT2D eigenvalue weighted by molar-refractivity contribution is 0.297. The van der Waals surface area contributed by atoms with E-state index in [0.29, 0.717) is 44.2 Å². The molecule has 0 unspecified atom stereocenters. The zero-order chi connectivity index (χ0) is 55.5. The zero-order valence-corrected chi connectivity index (χ0v) is 49.6. The maximum atomic E-state index is 9.54. The van der Waals surface area contributed by atoms with Gasteiger partial charge in [0.15, 0.2) is 16.6 Å². The highest BCUT2D eigenvalue weighted by atomic mass is 28.4. The lowest BCUT2D eigenvalue weighted by Crippen LogP contribution is -2.42. The monoisotopic (exact) mass is 1070 g/mol. The van der Waals surface area contributed by atoms with E-state index in [2.05, 4.69) is 107 Å². The summed E-state index contributed by atoms with van der Waals surface area (Å²) in [5, 5.41) is 9.81. The van der Waals surface area contributed by atoms with Crippen LogP contribution in [-0.4, -0.2) is 103 Å². The molecule has 8 rings (SSSR count). The van der Waals surface area contributed by atoms with E-state index in [1.54, 1.807) is 34.6 Å². The van der Waals surface area contributed by atoms with E-state index in [9.17, 15) is 5.11 Å². The van der Waals surface area contributed by atoms with Crippen LogP contribution in [0.1, 0.15) is 47.1 Å². The summed E-state index contributed by atoms with van der Waals surface area (Å²) in [5.41, 5.74) is 11.9. The fourth-order valence-electron chi connectivity index (χ4n) is 8.25. The van der Waals surface area contributed by atoms with E-state index in [1.807, 2.05) is 109 Å². The Hall–Kier alpha value is -6.89. The maximum absolute atomic E-state index is 9.54. The third-order valence-electron chi connectivity index (χ3n) is 14.9. The van der Waals surface area contributed by atoms with E-state index in [4.69, 9.17) is 42.8 Å². The number of fused-ring (bicyclic) bond motifs is 2. The van der Waals surface area contributed by atoms with Gasteiger partial charge >= 0.3 is 0 Å². The molecule has 0 aliphatic rings. The number of aliphatic hydroxyl groups excluding tert-OH is 1. The number of methoxy groups -OCH3 is 4. The van der Waals surface area contributed by atoms with Crippen molar-refractivity contribution in [3.8, 4) is 45.5 Å². The van der Waals surface area contributed by atoms with Crippen LogP contribution in [0.4, 0.5) is 22.7 Å². The van der Waals surface area contributed by atoms with E-state index in [-0.39, 0.29) is 16.7 Å². The lowest BCUT2D eigenvalue weighted by Gasteiger charge is -2.37. The second-order valence-corrected chi connectivity index (χ2v) is 31.6. The Labute approximate surface area is 458 Å². The minimum Gasteiger partial charge on any atom is -0.497 e. The summed E-state index contributed by atoms with van der Waals surface area (Å²) in [4.78, 5) is 23.8. The molecule has 1 N–H and O–H groups in total. The largest absolute Gasteiger partial charge is 0.497 e. The molecule has 15 heteroatoms. The van der Waals surface area contributed by atoms with Gasteiger partial charge in [-0.2, -0.15) is 0 Å². The van der Waals surface area contributed by atoms with Gasteiger partial charge in [0.1, 0.15) is 23.0 Å². The molecule has 0 saturated heterocycles. The van der Waals surface area contributed by atoms with E-state index < -0.39 is 16.6 Å². The number of ether oxygens (including phenoxy) is 4. The summed E-state index contributed by atoms with van der Waals surface area (Å²) in [6, 6.07) is 42.3. The molecular weight excluding hydrogens is 997 g/mol. The number of benzene rings is 6. The molecule has 0 aliphatic carbocycles. The summed E-state index contributed by atoms with van der Waals surface area (Å²) in [6.45, 7) is 25.2. The number of hydrogen-bond acceptors (Lipinski definition) is 13. The van der Waals surface area contributed by atoms with Crippen molar-refractivity contribution in [1.82, 2.24) is 19.9 Å². The van der Waals surface area contributed by atoms with Crippen molar-refractivity contribution in [2.75, 3.05) is 71.1 Å². The first-order chi connectivity index (χ1) is 36.7. The van der Waals surface area contributed by atoms with Gasteiger partial charge < -0.3 is 42.7 Å². The average Bonchev–Trinajstić information content (AvgIpc) is 3.44. The van der Waals surface area contributed by atoms with Crippen molar-refractivity contribution in [2.24, 2.45) is 0 Å². The fourth-order valence-corrected chi connectivity index (χ4v) is 10.3. The van der Waals surface area contributed by atoms with Crippen molar-refractivity contribution in [3.05, 3.63) is 145 Å². The van der Waals surface area contributed by atoms with Crippen molar-refractivity contribution in [1.29, 1.82) is 0 Å². The minimum atomic E-state index is -1.93. The molecule has 0 spiro atoms. The molecule has 0 aliphatic heterocycles. The van der Waals surface area contributed by atoms with Crippen LogP contribution in [-0.2, 0) is 15.3 Å². The van der Waals surface area contributed by atoms with Crippen molar-refractivity contribution < 1.29 is 32.9 Å². The van der Waals surface area contributed by atoms with Crippen LogP contribution in [0.3, 0.4) is 0 Å². The van der Waals surface area contributed by atoms with Gasteiger partial charge in [0, 0.05) is 90.0 Å². The number of nitrogens with zero attached hydrogens (tertiary/aromatic N) is 6. The van der Waals surface area contributed by atoms with Crippen molar-refractivity contribution >= 4 is 61.5 Å². The average molecular weight is 1080 g/mol. The summed E-state index contributed by atoms with van der Waals surface area (Å²) in [7, 11) is 2.83. The first kappa shape index (κ1) is 57.8. The molecule has 0 radical (unpaired) electrons. The Kier molecular flexibility index (Phi) is 18.8. The Morgan fingerprint density at radius 2 is 0.883 bits per heavy atom. The van der Waals surface area contributed by atoms with Crippen LogP contribution in [0, 0.1) is 0 Å². The number of aliphatic hydroxyl groups is 1. The summed E-state index contributed by atoms with van der Waals surface area (Å²) in [5.74, 6) is 2.90. The summed E-state index contributed by atoms with van der Waals surface area (Å²) in [6.07, 6.45) is 4.20. The summed E-state index contributed by atoms with van der Waals surface area (Å²) < 4.78 is 35.4. The Morgan fingerprint density at radius 1 is 0.468 bits per heavy atom. The predicted octanol–water partition coefficient (Wildman–Crippen LogP) is 14.5. The molecule has 2 aromatic heterocycles. The van der Waals surface area contributed by atoms with Crippen LogP contribution in [0.15, 0.2) is 140 Å². The molecule has 8 aromatic rings. The molecule has 2 heterocycles. The molecule has 13 nitrogen and oxygen atoms in total. The molecule has 406 valence electrons. The third kappa shape index (κ3) is 14.4. The topological polar surface area (TPSA) is 134 Å². The molecule has 0 amide bonds. The highest BCUT2D eigenvalue weighted by Crippen LogP contribution is 2.40. The molecular formula is C62H78N6O7Si2. The fraction of sp³-hybridized carbons (Fsp3) is 0.355. The third-order valence-corrected chi connectivity index (χ3v) is 24.0. The quantitative estimate of drug-likeness (QED) is 0.0727. The zero-order valence-electron chi connectivity index (χ0n) is 47.6. The van der Waals surface area contributed by atoms with E-state index >= 15 is 0 Å². The molecule has 77 heavy (non-hydrogen) atoms. The number of anilines is 4. The summed E-state index contributed by atoms with van der Waals surface area (Å²) >= 11 is 0. The lowest BCUT2D eigenvalue weighted by atomic mass is 10.0. The van der Waals surface area contributed by atoms with Gasteiger partial charge in [-0.1, -0.05) is 96.1 Å². The van der Waals surface area contributed by atoms with Crippen LogP contribution in [0.5, 0.6) is 23.0 Å². The van der Waals surface area contributed by atoms with Gasteiger partial charge in [-0.15, -0.1) is 0 Å². The first-order valence-corrected chi connectivity index (χ1v) is 32.1.